The highest BCUT2D eigenvalue weighted by Crippen LogP contribution is 2.33. The van der Waals surface area contributed by atoms with Crippen LogP contribution in [0, 0.1) is 0 Å². The number of rotatable bonds is 38. The molecule has 0 rings (SSSR count). The Hall–Kier alpha value is -0.600. The van der Waals surface area contributed by atoms with Crippen molar-refractivity contribution < 1.29 is 0 Å². The number of nitrogens with zero attached hydrogens (tertiary/aromatic N) is 1. The largest absolute Gasteiger partial charge is 0.330 e. The lowest BCUT2D eigenvalue weighted by molar-refractivity contribution is 0.104. The Morgan fingerprint density at radius 3 is 0.913 bits per heavy atom. The van der Waals surface area contributed by atoms with E-state index in [2.05, 4.69) is 57.1 Å². The van der Waals surface area contributed by atoms with E-state index in [0.29, 0.717) is 5.54 Å². The van der Waals surface area contributed by atoms with Gasteiger partial charge in [-0.3, -0.25) is 0 Å². The van der Waals surface area contributed by atoms with Crippen LogP contribution in [-0.2, 0) is 0 Å². The minimum atomic E-state index is 0.399. The summed E-state index contributed by atoms with van der Waals surface area (Å²) in [6.07, 6.45) is 56.7. The van der Waals surface area contributed by atoms with E-state index in [4.69, 9.17) is 5.73 Å². The normalized spacial score (nSPS) is 13.5. The molecule has 0 bridgehead atoms. The number of hydrogen-bond donors (Lipinski definition) is 1. The monoisotopic (exact) mass is 645 g/mol. The zero-order chi connectivity index (χ0) is 33.7. The summed E-state index contributed by atoms with van der Waals surface area (Å²) in [6, 6.07) is 0. The van der Waals surface area contributed by atoms with E-state index in [1.54, 1.807) is 0 Å². The van der Waals surface area contributed by atoms with Gasteiger partial charge in [0.15, 0.2) is 0 Å². The first-order valence-corrected chi connectivity index (χ1v) is 21.3. The molecule has 0 aliphatic heterocycles. The van der Waals surface area contributed by atoms with Gasteiger partial charge in [0, 0.05) is 5.54 Å². The van der Waals surface area contributed by atoms with Crippen molar-refractivity contribution in [3.63, 3.8) is 0 Å². The van der Waals surface area contributed by atoms with Gasteiger partial charge in [0.1, 0.15) is 0 Å². The average molecular weight is 645 g/mol. The fourth-order valence-electron chi connectivity index (χ4n) is 7.22. The Morgan fingerprint density at radius 2 is 0.630 bits per heavy atom. The van der Waals surface area contributed by atoms with Crippen molar-refractivity contribution in [2.45, 2.75) is 238 Å². The standard InChI is InChI=1S/C44H88N2/c1-5-7-9-11-13-15-17-19-21-23-25-27-29-31-33-36-40-44(46(3)4,42-38-35-39-43-45)41-37-34-32-30-28-26-24-22-20-18-16-14-12-10-8-6-2/h19-22H,5-18,23-43,45H2,1-4H3. The van der Waals surface area contributed by atoms with E-state index in [9.17, 15) is 0 Å². The van der Waals surface area contributed by atoms with E-state index in [0.717, 1.165) is 6.54 Å². The van der Waals surface area contributed by atoms with Crippen LogP contribution in [0.3, 0.4) is 0 Å². The molecule has 0 atom stereocenters. The number of unbranched alkanes of at least 4 members (excludes halogenated alkanes) is 26. The van der Waals surface area contributed by atoms with E-state index in [1.807, 2.05) is 0 Å². The quantitative estimate of drug-likeness (QED) is 0.0535. The van der Waals surface area contributed by atoms with E-state index < -0.39 is 0 Å². The second-order valence-corrected chi connectivity index (χ2v) is 15.1. The number of allylic oxidation sites excluding steroid dienone is 4. The Kier molecular flexibility index (Phi) is 36.7. The van der Waals surface area contributed by atoms with Gasteiger partial charge < -0.3 is 10.6 Å². The van der Waals surface area contributed by atoms with Crippen molar-refractivity contribution in [1.29, 1.82) is 0 Å². The highest BCUT2D eigenvalue weighted by atomic mass is 15.1. The first kappa shape index (κ1) is 45.4. The van der Waals surface area contributed by atoms with Crippen LogP contribution in [0.5, 0.6) is 0 Å². The molecule has 0 aromatic heterocycles. The molecular weight excluding hydrogens is 556 g/mol. The van der Waals surface area contributed by atoms with Crippen LogP contribution in [0.4, 0.5) is 0 Å². The molecule has 0 radical (unpaired) electrons. The first-order chi connectivity index (χ1) is 22.6. The summed E-state index contributed by atoms with van der Waals surface area (Å²) in [5.74, 6) is 0. The molecule has 2 N–H and O–H groups in total. The van der Waals surface area contributed by atoms with Crippen LogP contribution >= 0.6 is 0 Å². The molecule has 0 aromatic carbocycles. The maximum Gasteiger partial charge on any atom is 0.0203 e. The molecule has 46 heavy (non-hydrogen) atoms. The van der Waals surface area contributed by atoms with Crippen molar-refractivity contribution in [2.24, 2.45) is 5.73 Å². The van der Waals surface area contributed by atoms with Gasteiger partial charge in [-0.25, -0.2) is 0 Å². The zero-order valence-corrected chi connectivity index (χ0v) is 32.6. The lowest BCUT2D eigenvalue weighted by atomic mass is 9.80. The Labute approximate surface area is 292 Å². The van der Waals surface area contributed by atoms with Gasteiger partial charge in [0.2, 0.25) is 0 Å². The minimum Gasteiger partial charge on any atom is -0.330 e. The second kappa shape index (κ2) is 37.2. The summed E-state index contributed by atoms with van der Waals surface area (Å²) in [7, 11) is 4.73. The summed E-state index contributed by atoms with van der Waals surface area (Å²) in [4.78, 5) is 2.62. The van der Waals surface area contributed by atoms with Gasteiger partial charge in [-0.15, -0.1) is 0 Å². The summed E-state index contributed by atoms with van der Waals surface area (Å²) in [5, 5.41) is 0. The zero-order valence-electron chi connectivity index (χ0n) is 32.6. The van der Waals surface area contributed by atoms with E-state index >= 15 is 0 Å². The van der Waals surface area contributed by atoms with Gasteiger partial charge >= 0.3 is 0 Å². The maximum absolute atomic E-state index is 5.83. The second-order valence-electron chi connectivity index (χ2n) is 15.1. The maximum atomic E-state index is 5.83. The SMILES string of the molecule is CCCCCCCCC=CCCCCCCCCC(CCCCCN)(CCCCCCCCC=CCCCCCCCC)N(C)C. The average Bonchev–Trinajstić information content (AvgIpc) is 3.05. The molecule has 0 fully saturated rings. The molecule has 2 nitrogen and oxygen atoms in total. The van der Waals surface area contributed by atoms with Gasteiger partial charge in [0.25, 0.3) is 0 Å². The molecule has 0 spiro atoms. The third-order valence-corrected chi connectivity index (χ3v) is 10.6. The van der Waals surface area contributed by atoms with Gasteiger partial charge in [-0.05, 0) is 97.7 Å². The fraction of sp³-hybridized carbons (Fsp3) is 0.909. The van der Waals surface area contributed by atoms with Crippen LogP contribution in [0.25, 0.3) is 0 Å². The Bertz CT molecular complexity index is 579. The van der Waals surface area contributed by atoms with E-state index in [1.165, 1.54) is 218 Å². The smallest absolute Gasteiger partial charge is 0.0203 e. The fourth-order valence-corrected chi connectivity index (χ4v) is 7.22. The number of hydrogen-bond acceptors (Lipinski definition) is 2. The van der Waals surface area contributed by atoms with Crippen LogP contribution in [0.15, 0.2) is 24.3 Å². The molecule has 0 saturated heterocycles. The van der Waals surface area contributed by atoms with Crippen molar-refractivity contribution >= 4 is 0 Å². The Morgan fingerprint density at radius 1 is 0.370 bits per heavy atom. The first-order valence-electron chi connectivity index (χ1n) is 21.3. The molecule has 0 heterocycles. The third kappa shape index (κ3) is 30.7. The van der Waals surface area contributed by atoms with Crippen molar-refractivity contribution in [3.8, 4) is 0 Å². The van der Waals surface area contributed by atoms with Crippen LogP contribution in [0.2, 0.25) is 0 Å². The lowest BCUT2D eigenvalue weighted by Gasteiger charge is -2.41. The molecule has 0 unspecified atom stereocenters. The number of nitrogens with two attached hydrogens (primary N) is 1. The van der Waals surface area contributed by atoms with Crippen molar-refractivity contribution in [2.75, 3.05) is 20.6 Å². The van der Waals surface area contributed by atoms with Gasteiger partial charge in [-0.2, -0.15) is 0 Å². The molecule has 0 aromatic rings. The van der Waals surface area contributed by atoms with Crippen molar-refractivity contribution in [3.05, 3.63) is 24.3 Å². The Balaban J connectivity index is 4.10. The highest BCUT2D eigenvalue weighted by molar-refractivity contribution is 4.88. The van der Waals surface area contributed by atoms with Crippen LogP contribution < -0.4 is 5.73 Å². The van der Waals surface area contributed by atoms with Gasteiger partial charge in [0.05, 0.1) is 0 Å². The third-order valence-electron chi connectivity index (χ3n) is 10.6. The van der Waals surface area contributed by atoms with Crippen molar-refractivity contribution in [1.82, 2.24) is 4.90 Å². The molecule has 2 heteroatoms. The summed E-state index contributed by atoms with van der Waals surface area (Å²) >= 11 is 0. The highest BCUT2D eigenvalue weighted by Gasteiger charge is 2.30. The topological polar surface area (TPSA) is 29.3 Å². The lowest BCUT2D eigenvalue weighted by Crippen LogP contribution is -2.44. The molecule has 0 aliphatic carbocycles. The molecule has 0 amide bonds. The molecular formula is C44H88N2. The summed E-state index contributed by atoms with van der Waals surface area (Å²) in [6.45, 7) is 5.44. The van der Waals surface area contributed by atoms with Crippen LogP contribution in [-0.4, -0.2) is 31.1 Å². The predicted molar refractivity (Wildman–Crippen MR) is 212 cm³/mol. The van der Waals surface area contributed by atoms with Crippen LogP contribution in [0.1, 0.15) is 232 Å². The molecule has 0 aliphatic rings. The van der Waals surface area contributed by atoms with E-state index in [-0.39, 0.29) is 0 Å². The summed E-state index contributed by atoms with van der Waals surface area (Å²) < 4.78 is 0. The summed E-state index contributed by atoms with van der Waals surface area (Å²) in [5.41, 5.74) is 6.22. The molecule has 274 valence electrons. The van der Waals surface area contributed by atoms with Gasteiger partial charge in [-0.1, -0.05) is 179 Å². The molecule has 0 saturated carbocycles. The minimum absolute atomic E-state index is 0.399. The predicted octanol–water partition coefficient (Wildman–Crippen LogP) is 14.7.